The molecule has 2 aliphatic rings. The second kappa shape index (κ2) is 5.70. The summed E-state index contributed by atoms with van der Waals surface area (Å²) >= 11 is 2.02. The normalized spacial score (nSPS) is 25.1. The lowest BCUT2D eigenvalue weighted by atomic mass is 9.90. The van der Waals surface area contributed by atoms with Crippen molar-refractivity contribution in [3.63, 3.8) is 0 Å². The largest absolute Gasteiger partial charge is 0.309 e. The molecular weight excluding hydrogens is 240 g/mol. The Hall–Kier alpha value is -0.410. The summed E-state index contributed by atoms with van der Waals surface area (Å²) in [6.07, 6.45) is 10.8. The molecule has 1 heterocycles. The third kappa shape index (κ3) is 2.48. The Kier molecular flexibility index (Phi) is 4.00. The van der Waals surface area contributed by atoms with Gasteiger partial charge < -0.3 is 5.32 Å². The highest BCUT2D eigenvalue weighted by Gasteiger charge is 2.27. The van der Waals surface area contributed by atoms with Gasteiger partial charge in [-0.1, -0.05) is 26.2 Å². The van der Waals surface area contributed by atoms with Gasteiger partial charge in [0.15, 0.2) is 0 Å². The number of fused-ring (bicyclic) bond motifs is 1. The average molecular weight is 264 g/mol. The summed E-state index contributed by atoms with van der Waals surface area (Å²) in [7, 11) is 0. The first-order valence-electron chi connectivity index (χ1n) is 7.61. The van der Waals surface area contributed by atoms with Gasteiger partial charge in [0.2, 0.25) is 0 Å². The Morgan fingerprint density at radius 3 is 2.78 bits per heavy atom. The van der Waals surface area contributed by atoms with E-state index in [-0.39, 0.29) is 0 Å². The van der Waals surface area contributed by atoms with E-state index in [2.05, 4.69) is 12.2 Å². The molecule has 0 amide bonds. The topological polar surface area (TPSA) is 24.9 Å². The Balaban J connectivity index is 1.81. The predicted octanol–water partition coefficient (Wildman–Crippen LogP) is 4.18. The van der Waals surface area contributed by atoms with Crippen LogP contribution >= 0.6 is 11.3 Å². The number of aromatic nitrogens is 1. The molecule has 2 aliphatic carbocycles. The molecule has 0 aliphatic heterocycles. The summed E-state index contributed by atoms with van der Waals surface area (Å²) in [5.41, 5.74) is 1.41. The van der Waals surface area contributed by atoms with Gasteiger partial charge in [0.25, 0.3) is 0 Å². The summed E-state index contributed by atoms with van der Waals surface area (Å²) in [5.74, 6) is 0.775. The van der Waals surface area contributed by atoms with E-state index in [0.717, 1.165) is 12.5 Å². The lowest BCUT2D eigenvalue weighted by Gasteiger charge is -2.21. The van der Waals surface area contributed by atoms with Crippen LogP contribution < -0.4 is 5.32 Å². The molecule has 3 rings (SSSR count). The van der Waals surface area contributed by atoms with E-state index in [1.165, 1.54) is 62.1 Å². The van der Waals surface area contributed by atoms with Crippen molar-refractivity contribution in [2.45, 2.75) is 70.3 Å². The van der Waals surface area contributed by atoms with Gasteiger partial charge in [-0.2, -0.15) is 0 Å². The second-order valence-corrected chi connectivity index (χ2v) is 6.76. The van der Waals surface area contributed by atoms with Gasteiger partial charge in [-0.15, -0.1) is 11.3 Å². The molecule has 1 fully saturated rings. The quantitative estimate of drug-likeness (QED) is 0.886. The Morgan fingerprint density at radius 2 is 2.00 bits per heavy atom. The second-order valence-electron chi connectivity index (χ2n) is 5.70. The zero-order valence-electron chi connectivity index (χ0n) is 11.4. The van der Waals surface area contributed by atoms with Crippen LogP contribution in [0.4, 0.5) is 0 Å². The van der Waals surface area contributed by atoms with Gasteiger partial charge in [-0.3, -0.25) is 0 Å². The van der Waals surface area contributed by atoms with E-state index in [1.807, 2.05) is 11.3 Å². The molecule has 1 unspecified atom stereocenters. The van der Waals surface area contributed by atoms with Crippen molar-refractivity contribution in [2.75, 3.05) is 6.54 Å². The molecule has 100 valence electrons. The first kappa shape index (κ1) is 12.6. The maximum absolute atomic E-state index is 4.99. The van der Waals surface area contributed by atoms with Gasteiger partial charge in [-0.05, 0) is 38.6 Å². The number of thiazole rings is 1. The van der Waals surface area contributed by atoms with Crippen LogP contribution in [0, 0.1) is 0 Å². The van der Waals surface area contributed by atoms with Crippen molar-refractivity contribution in [1.29, 1.82) is 0 Å². The molecule has 0 radical (unpaired) electrons. The van der Waals surface area contributed by atoms with Gasteiger partial charge in [0, 0.05) is 16.8 Å². The average Bonchev–Trinajstić information content (AvgIpc) is 2.85. The molecule has 3 heteroatoms. The minimum atomic E-state index is 0.591. The summed E-state index contributed by atoms with van der Waals surface area (Å²) in [6.45, 7) is 3.28. The zero-order valence-corrected chi connectivity index (χ0v) is 12.2. The molecule has 18 heavy (non-hydrogen) atoms. The smallest absolute Gasteiger partial charge is 0.0962 e. The third-order valence-electron chi connectivity index (χ3n) is 4.37. The third-order valence-corrected chi connectivity index (χ3v) is 5.75. The fourth-order valence-corrected chi connectivity index (χ4v) is 4.80. The van der Waals surface area contributed by atoms with Crippen molar-refractivity contribution in [2.24, 2.45) is 0 Å². The Bertz CT molecular complexity index is 393. The zero-order chi connectivity index (χ0) is 12.4. The fourth-order valence-electron chi connectivity index (χ4n) is 3.40. The van der Waals surface area contributed by atoms with Crippen LogP contribution in [-0.4, -0.2) is 11.5 Å². The van der Waals surface area contributed by atoms with Crippen LogP contribution in [0.5, 0.6) is 0 Å². The summed E-state index contributed by atoms with van der Waals surface area (Å²) in [6, 6.07) is 0.591. The molecule has 2 nitrogen and oxygen atoms in total. The highest BCUT2D eigenvalue weighted by molar-refractivity contribution is 7.12. The first-order valence-corrected chi connectivity index (χ1v) is 8.43. The van der Waals surface area contributed by atoms with E-state index in [0.29, 0.717) is 6.04 Å². The summed E-state index contributed by atoms with van der Waals surface area (Å²) < 4.78 is 0. The van der Waals surface area contributed by atoms with Crippen molar-refractivity contribution in [1.82, 2.24) is 10.3 Å². The van der Waals surface area contributed by atoms with Crippen LogP contribution in [-0.2, 0) is 6.42 Å². The van der Waals surface area contributed by atoms with E-state index in [9.17, 15) is 0 Å². The van der Waals surface area contributed by atoms with E-state index in [4.69, 9.17) is 4.98 Å². The van der Waals surface area contributed by atoms with Crippen LogP contribution in [0.2, 0.25) is 0 Å². The van der Waals surface area contributed by atoms with Crippen LogP contribution in [0.3, 0.4) is 0 Å². The summed E-state index contributed by atoms with van der Waals surface area (Å²) in [4.78, 5) is 6.54. The summed E-state index contributed by atoms with van der Waals surface area (Å²) in [5, 5.41) is 5.08. The predicted molar refractivity (Wildman–Crippen MR) is 77.3 cm³/mol. The van der Waals surface area contributed by atoms with Crippen molar-refractivity contribution >= 4 is 11.3 Å². The number of aryl methyl sites for hydroxylation is 1. The van der Waals surface area contributed by atoms with Gasteiger partial charge in [0.1, 0.15) is 0 Å². The van der Waals surface area contributed by atoms with E-state index in [1.54, 1.807) is 4.88 Å². The lowest BCUT2D eigenvalue weighted by molar-refractivity contribution is 0.441. The number of hydrogen-bond donors (Lipinski definition) is 1. The highest BCUT2D eigenvalue weighted by Crippen LogP contribution is 2.40. The Labute approximate surface area is 114 Å². The number of nitrogens with zero attached hydrogens (tertiary/aromatic N) is 1. The van der Waals surface area contributed by atoms with Crippen LogP contribution in [0.1, 0.15) is 79.4 Å². The molecular formula is C15H24N2S. The van der Waals surface area contributed by atoms with Gasteiger partial charge in [0.05, 0.1) is 10.7 Å². The van der Waals surface area contributed by atoms with Gasteiger partial charge in [-0.25, -0.2) is 4.98 Å². The minimum Gasteiger partial charge on any atom is -0.309 e. The number of rotatable bonds is 3. The van der Waals surface area contributed by atoms with Gasteiger partial charge >= 0.3 is 0 Å². The fraction of sp³-hybridized carbons (Fsp3) is 0.800. The molecule has 1 N–H and O–H groups in total. The molecule has 0 spiro atoms. The standard InChI is InChI=1S/C15H24N2S/c1-2-16-12-9-6-10-13-14(12)18-15(17-13)11-7-4-3-5-8-11/h11-12,16H,2-10H2,1H3. The van der Waals surface area contributed by atoms with E-state index < -0.39 is 0 Å². The van der Waals surface area contributed by atoms with Crippen LogP contribution in [0.25, 0.3) is 0 Å². The van der Waals surface area contributed by atoms with E-state index >= 15 is 0 Å². The lowest BCUT2D eigenvalue weighted by Crippen LogP contribution is -2.23. The molecule has 1 aromatic rings. The van der Waals surface area contributed by atoms with Crippen LogP contribution in [0.15, 0.2) is 0 Å². The monoisotopic (exact) mass is 264 g/mol. The Morgan fingerprint density at radius 1 is 1.17 bits per heavy atom. The molecule has 1 saturated carbocycles. The maximum Gasteiger partial charge on any atom is 0.0962 e. The first-order chi connectivity index (χ1) is 8.88. The van der Waals surface area contributed by atoms with Crippen molar-refractivity contribution in [3.05, 3.63) is 15.6 Å². The number of hydrogen-bond acceptors (Lipinski definition) is 3. The van der Waals surface area contributed by atoms with Crippen molar-refractivity contribution < 1.29 is 0 Å². The molecule has 0 bridgehead atoms. The maximum atomic E-state index is 4.99. The molecule has 1 atom stereocenters. The number of nitrogens with one attached hydrogen (secondary N) is 1. The minimum absolute atomic E-state index is 0.591. The molecule has 0 aromatic carbocycles. The highest BCUT2D eigenvalue weighted by atomic mass is 32.1. The molecule has 1 aromatic heterocycles. The molecule has 0 saturated heterocycles. The SMILES string of the molecule is CCNC1CCCc2nc(C3CCCCC3)sc21. The van der Waals surface area contributed by atoms with Crippen molar-refractivity contribution in [3.8, 4) is 0 Å².